The van der Waals surface area contributed by atoms with Gasteiger partial charge in [0.05, 0.1) is 4.34 Å². The van der Waals surface area contributed by atoms with Crippen molar-refractivity contribution >= 4 is 29.2 Å². The molecule has 0 N–H and O–H groups in total. The monoisotopic (exact) mass is 216 g/mol. The predicted molar refractivity (Wildman–Crippen MR) is 57.5 cm³/mol. The van der Waals surface area contributed by atoms with Crippen molar-refractivity contribution in [1.29, 1.82) is 0 Å². The van der Waals surface area contributed by atoms with Gasteiger partial charge in [-0.25, -0.2) is 0 Å². The first-order valence-electron chi connectivity index (χ1n) is 4.30. The molecule has 0 aromatic carbocycles. The molecule has 1 aromatic rings. The molecule has 0 spiro atoms. The van der Waals surface area contributed by atoms with Crippen molar-refractivity contribution in [3.8, 4) is 0 Å². The van der Waals surface area contributed by atoms with E-state index in [1.807, 2.05) is 26.0 Å². The van der Waals surface area contributed by atoms with Crippen molar-refractivity contribution in [3.05, 3.63) is 21.3 Å². The summed E-state index contributed by atoms with van der Waals surface area (Å²) in [5, 5.41) is 0. The number of rotatable bonds is 4. The van der Waals surface area contributed by atoms with E-state index in [0.717, 1.165) is 23.5 Å². The minimum atomic E-state index is -0.228. The second kappa shape index (κ2) is 4.25. The van der Waals surface area contributed by atoms with Crippen LogP contribution in [-0.4, -0.2) is 6.29 Å². The molecule has 0 saturated carbocycles. The van der Waals surface area contributed by atoms with Gasteiger partial charge in [-0.2, -0.15) is 0 Å². The Balaban J connectivity index is 2.72. The molecule has 0 radical (unpaired) electrons. The molecule has 0 fully saturated rings. The van der Waals surface area contributed by atoms with Gasteiger partial charge in [0.2, 0.25) is 0 Å². The Bertz CT molecular complexity index is 295. The standard InChI is InChI=1S/C10H13ClOS/c1-3-10(2,7-12)6-8-4-5-9(11)13-8/h4-5,7H,3,6H2,1-2H3. The maximum atomic E-state index is 10.8. The third-order valence-electron chi connectivity index (χ3n) is 2.30. The first-order valence-corrected chi connectivity index (χ1v) is 5.49. The first kappa shape index (κ1) is 10.7. The largest absolute Gasteiger partial charge is 0.303 e. The lowest BCUT2D eigenvalue weighted by molar-refractivity contribution is -0.115. The summed E-state index contributed by atoms with van der Waals surface area (Å²) in [6.45, 7) is 4.01. The lowest BCUT2D eigenvalue weighted by Gasteiger charge is -2.19. The third-order valence-corrected chi connectivity index (χ3v) is 3.53. The minimum absolute atomic E-state index is 0.228. The Labute approximate surface area is 87.7 Å². The van der Waals surface area contributed by atoms with E-state index >= 15 is 0 Å². The van der Waals surface area contributed by atoms with Gasteiger partial charge < -0.3 is 4.79 Å². The molecule has 1 rings (SSSR count). The first-order chi connectivity index (χ1) is 6.09. The number of halogens is 1. The van der Waals surface area contributed by atoms with Crippen LogP contribution in [0.2, 0.25) is 4.34 Å². The Kier molecular flexibility index (Phi) is 3.51. The highest BCUT2D eigenvalue weighted by molar-refractivity contribution is 7.16. The van der Waals surface area contributed by atoms with Crippen LogP contribution in [0.4, 0.5) is 0 Å². The quantitative estimate of drug-likeness (QED) is 0.704. The van der Waals surface area contributed by atoms with E-state index in [4.69, 9.17) is 11.6 Å². The van der Waals surface area contributed by atoms with E-state index in [1.165, 1.54) is 4.88 Å². The summed E-state index contributed by atoms with van der Waals surface area (Å²) in [6, 6.07) is 3.87. The Morgan fingerprint density at radius 3 is 2.69 bits per heavy atom. The summed E-state index contributed by atoms with van der Waals surface area (Å²) >= 11 is 7.36. The normalized spacial score (nSPS) is 15.3. The molecule has 1 unspecified atom stereocenters. The fourth-order valence-electron chi connectivity index (χ4n) is 1.09. The minimum Gasteiger partial charge on any atom is -0.303 e. The maximum absolute atomic E-state index is 10.8. The molecular weight excluding hydrogens is 204 g/mol. The van der Waals surface area contributed by atoms with Crippen molar-refractivity contribution in [1.82, 2.24) is 0 Å². The number of carbonyl (C=O) groups excluding carboxylic acids is 1. The smallest absolute Gasteiger partial charge is 0.126 e. The average Bonchev–Trinajstić information content (AvgIpc) is 2.51. The second-order valence-corrected chi connectivity index (χ2v) is 5.31. The van der Waals surface area contributed by atoms with Crippen LogP contribution in [0, 0.1) is 5.41 Å². The zero-order valence-electron chi connectivity index (χ0n) is 7.84. The molecule has 1 heterocycles. The molecule has 72 valence electrons. The van der Waals surface area contributed by atoms with Gasteiger partial charge in [0.25, 0.3) is 0 Å². The van der Waals surface area contributed by atoms with Crippen molar-refractivity contribution < 1.29 is 4.79 Å². The van der Waals surface area contributed by atoms with E-state index in [1.54, 1.807) is 11.3 Å². The Hall–Kier alpha value is -0.340. The summed E-state index contributed by atoms with van der Waals surface area (Å²) in [5.41, 5.74) is -0.228. The van der Waals surface area contributed by atoms with E-state index in [2.05, 4.69) is 0 Å². The fraction of sp³-hybridized carbons (Fsp3) is 0.500. The van der Waals surface area contributed by atoms with Crippen LogP contribution in [0.5, 0.6) is 0 Å². The molecule has 0 bridgehead atoms. The zero-order valence-corrected chi connectivity index (χ0v) is 9.41. The van der Waals surface area contributed by atoms with Crippen LogP contribution in [0.25, 0.3) is 0 Å². The highest BCUT2D eigenvalue weighted by Crippen LogP contribution is 2.29. The van der Waals surface area contributed by atoms with Gasteiger partial charge >= 0.3 is 0 Å². The van der Waals surface area contributed by atoms with Gasteiger partial charge in [0.15, 0.2) is 0 Å². The summed E-state index contributed by atoms with van der Waals surface area (Å²) in [6.07, 6.45) is 2.71. The van der Waals surface area contributed by atoms with Gasteiger partial charge in [0.1, 0.15) is 6.29 Å². The van der Waals surface area contributed by atoms with Crippen LogP contribution in [0.1, 0.15) is 25.1 Å². The average molecular weight is 217 g/mol. The van der Waals surface area contributed by atoms with Crippen molar-refractivity contribution in [2.75, 3.05) is 0 Å². The topological polar surface area (TPSA) is 17.1 Å². The fourth-order valence-corrected chi connectivity index (χ4v) is 2.38. The molecular formula is C10H13ClOS. The van der Waals surface area contributed by atoms with Crippen molar-refractivity contribution in [2.24, 2.45) is 5.41 Å². The van der Waals surface area contributed by atoms with E-state index in [0.29, 0.717) is 0 Å². The van der Waals surface area contributed by atoms with Crippen LogP contribution >= 0.6 is 22.9 Å². The SMILES string of the molecule is CCC(C)(C=O)Cc1ccc(Cl)s1. The molecule has 0 saturated heterocycles. The summed E-state index contributed by atoms with van der Waals surface area (Å²) in [7, 11) is 0. The summed E-state index contributed by atoms with van der Waals surface area (Å²) < 4.78 is 0.791. The number of carbonyl (C=O) groups is 1. The summed E-state index contributed by atoms with van der Waals surface area (Å²) in [4.78, 5) is 12.0. The van der Waals surface area contributed by atoms with Crippen LogP contribution < -0.4 is 0 Å². The van der Waals surface area contributed by atoms with Gasteiger partial charge in [-0.1, -0.05) is 25.4 Å². The van der Waals surface area contributed by atoms with Crippen LogP contribution in [0.15, 0.2) is 12.1 Å². The second-order valence-electron chi connectivity index (χ2n) is 3.51. The Morgan fingerprint density at radius 2 is 2.31 bits per heavy atom. The van der Waals surface area contributed by atoms with E-state index in [9.17, 15) is 4.79 Å². The van der Waals surface area contributed by atoms with Crippen LogP contribution in [-0.2, 0) is 11.2 Å². The maximum Gasteiger partial charge on any atom is 0.126 e. The number of aldehydes is 1. The molecule has 1 atom stereocenters. The number of thiophene rings is 1. The molecule has 0 aliphatic rings. The summed E-state index contributed by atoms with van der Waals surface area (Å²) in [5.74, 6) is 0. The molecule has 0 aliphatic carbocycles. The third kappa shape index (κ3) is 2.82. The van der Waals surface area contributed by atoms with Crippen molar-refractivity contribution in [3.63, 3.8) is 0 Å². The number of hydrogen-bond donors (Lipinski definition) is 0. The Morgan fingerprint density at radius 1 is 1.62 bits per heavy atom. The van der Waals surface area contributed by atoms with Crippen LogP contribution in [0.3, 0.4) is 0 Å². The highest BCUT2D eigenvalue weighted by Gasteiger charge is 2.22. The van der Waals surface area contributed by atoms with Gasteiger partial charge in [-0.15, -0.1) is 11.3 Å². The van der Waals surface area contributed by atoms with E-state index < -0.39 is 0 Å². The molecule has 1 aromatic heterocycles. The van der Waals surface area contributed by atoms with E-state index in [-0.39, 0.29) is 5.41 Å². The van der Waals surface area contributed by atoms with Gasteiger partial charge in [-0.05, 0) is 25.0 Å². The molecule has 0 aliphatic heterocycles. The predicted octanol–water partition coefficient (Wildman–Crippen LogP) is 3.56. The molecule has 0 amide bonds. The number of hydrogen-bond acceptors (Lipinski definition) is 2. The van der Waals surface area contributed by atoms with Crippen molar-refractivity contribution in [2.45, 2.75) is 26.7 Å². The molecule has 13 heavy (non-hydrogen) atoms. The lowest BCUT2D eigenvalue weighted by atomic mass is 9.85. The molecule has 3 heteroatoms. The van der Waals surface area contributed by atoms with Gasteiger partial charge in [0, 0.05) is 10.3 Å². The lowest BCUT2D eigenvalue weighted by Crippen LogP contribution is -2.19. The van der Waals surface area contributed by atoms with Gasteiger partial charge in [-0.3, -0.25) is 0 Å². The highest BCUT2D eigenvalue weighted by atomic mass is 35.5. The zero-order chi connectivity index (χ0) is 9.90. The molecule has 1 nitrogen and oxygen atoms in total.